The van der Waals surface area contributed by atoms with Crippen molar-refractivity contribution in [2.75, 3.05) is 19.3 Å². The molecule has 0 bridgehead atoms. The molecule has 1 N–H and O–H groups in total. The molecule has 124 valence electrons. The predicted octanol–water partition coefficient (Wildman–Crippen LogP) is 1.54. The first-order valence-electron chi connectivity index (χ1n) is 6.99. The van der Waals surface area contributed by atoms with E-state index in [0.717, 1.165) is 6.26 Å². The Bertz CT molecular complexity index is 607. The van der Waals surface area contributed by atoms with Gasteiger partial charge in [-0.25, -0.2) is 12.8 Å². The Labute approximate surface area is 131 Å². The molecule has 1 aromatic rings. The summed E-state index contributed by atoms with van der Waals surface area (Å²) >= 11 is 0. The molecule has 0 saturated carbocycles. The predicted molar refractivity (Wildman–Crippen MR) is 84.4 cm³/mol. The summed E-state index contributed by atoms with van der Waals surface area (Å²) < 4.78 is 37.6. The van der Waals surface area contributed by atoms with Crippen molar-refractivity contribution in [3.8, 4) is 0 Å². The van der Waals surface area contributed by atoms with Gasteiger partial charge in [0, 0.05) is 18.6 Å². The van der Waals surface area contributed by atoms with E-state index in [4.69, 9.17) is 0 Å². The van der Waals surface area contributed by atoms with Crippen LogP contribution in [0.2, 0.25) is 0 Å². The Hall–Kier alpha value is -1.47. The van der Waals surface area contributed by atoms with Crippen molar-refractivity contribution in [2.24, 2.45) is 0 Å². The molecule has 1 rings (SSSR count). The van der Waals surface area contributed by atoms with Crippen molar-refractivity contribution in [2.45, 2.75) is 32.7 Å². The van der Waals surface area contributed by atoms with Crippen molar-refractivity contribution in [3.05, 3.63) is 35.6 Å². The lowest BCUT2D eigenvalue weighted by Crippen LogP contribution is -2.48. The van der Waals surface area contributed by atoms with Crippen LogP contribution >= 0.6 is 0 Å². The summed E-state index contributed by atoms with van der Waals surface area (Å²) in [4.78, 5) is 11.8. The minimum atomic E-state index is -3.34. The zero-order chi connectivity index (χ0) is 17.0. The Balaban J connectivity index is 2.52. The average molecular weight is 330 g/mol. The molecule has 0 saturated heterocycles. The van der Waals surface area contributed by atoms with Crippen LogP contribution in [0.1, 0.15) is 26.3 Å². The largest absolute Gasteiger partial charge is 0.354 e. The molecule has 0 aliphatic heterocycles. The van der Waals surface area contributed by atoms with Gasteiger partial charge in [-0.1, -0.05) is 12.1 Å². The Morgan fingerprint density at radius 1 is 1.23 bits per heavy atom. The number of sulfonamides is 1. The summed E-state index contributed by atoms with van der Waals surface area (Å²) in [6.07, 6.45) is 1.28. The van der Waals surface area contributed by atoms with Gasteiger partial charge in [0.1, 0.15) is 5.82 Å². The van der Waals surface area contributed by atoms with Gasteiger partial charge >= 0.3 is 0 Å². The Morgan fingerprint density at radius 2 is 1.77 bits per heavy atom. The fourth-order valence-electron chi connectivity index (χ4n) is 2.15. The van der Waals surface area contributed by atoms with Gasteiger partial charge in [-0.3, -0.25) is 4.79 Å². The van der Waals surface area contributed by atoms with E-state index in [0.29, 0.717) is 5.56 Å². The number of carbonyl (C=O) groups excluding carboxylic acids is 1. The van der Waals surface area contributed by atoms with Crippen LogP contribution in [0.4, 0.5) is 4.39 Å². The van der Waals surface area contributed by atoms with E-state index >= 15 is 0 Å². The summed E-state index contributed by atoms with van der Waals surface area (Å²) in [7, 11) is -3.34. The van der Waals surface area contributed by atoms with Gasteiger partial charge in [-0.05, 0) is 38.5 Å². The molecule has 0 aromatic heterocycles. The maximum absolute atomic E-state index is 12.8. The van der Waals surface area contributed by atoms with Gasteiger partial charge in [0.15, 0.2) is 0 Å². The van der Waals surface area contributed by atoms with Crippen LogP contribution in [0.25, 0.3) is 0 Å². The highest BCUT2D eigenvalue weighted by Crippen LogP contribution is 2.16. The van der Waals surface area contributed by atoms with Crippen molar-refractivity contribution in [3.63, 3.8) is 0 Å². The summed E-state index contributed by atoms with van der Waals surface area (Å²) in [5, 5.41) is 2.68. The maximum atomic E-state index is 12.8. The van der Waals surface area contributed by atoms with Crippen LogP contribution in [0.3, 0.4) is 0 Å². The van der Waals surface area contributed by atoms with E-state index in [9.17, 15) is 17.6 Å². The molecule has 0 atom stereocenters. The second-order valence-electron chi connectivity index (χ2n) is 6.16. The van der Waals surface area contributed by atoms with Crippen molar-refractivity contribution >= 4 is 15.9 Å². The fraction of sp³-hybridized carbons (Fsp3) is 0.533. The number of nitrogens with zero attached hydrogens (tertiary/aromatic N) is 1. The summed E-state index contributed by atoms with van der Waals surface area (Å²) in [6.45, 7) is 5.83. The van der Waals surface area contributed by atoms with Crippen LogP contribution in [-0.2, 0) is 21.2 Å². The first-order chi connectivity index (χ1) is 10.00. The van der Waals surface area contributed by atoms with Crippen LogP contribution in [0.15, 0.2) is 24.3 Å². The number of amides is 1. The third-order valence-electron chi connectivity index (χ3n) is 3.06. The summed E-state index contributed by atoms with van der Waals surface area (Å²) in [5.74, 6) is -0.577. The standard InChI is InChI=1S/C15H23FN2O3S/c1-15(2,3)18(22(4,20)21)10-9-17-14(19)11-12-5-7-13(16)8-6-12/h5-8H,9-11H2,1-4H3,(H,17,19). The molecule has 0 radical (unpaired) electrons. The molecule has 22 heavy (non-hydrogen) atoms. The molecule has 5 nitrogen and oxygen atoms in total. The normalized spacial score (nSPS) is 12.5. The van der Waals surface area contributed by atoms with E-state index in [1.807, 2.05) is 0 Å². The Morgan fingerprint density at radius 3 is 2.23 bits per heavy atom. The zero-order valence-electron chi connectivity index (χ0n) is 13.4. The summed E-state index contributed by atoms with van der Waals surface area (Å²) in [5.41, 5.74) is 0.157. The second kappa shape index (κ2) is 7.19. The number of hydrogen-bond donors (Lipinski definition) is 1. The number of carbonyl (C=O) groups is 1. The highest BCUT2D eigenvalue weighted by atomic mass is 32.2. The summed E-state index contributed by atoms with van der Waals surface area (Å²) in [6, 6.07) is 5.70. The lowest BCUT2D eigenvalue weighted by Gasteiger charge is -2.33. The molecule has 0 heterocycles. The van der Waals surface area contributed by atoms with Gasteiger partial charge < -0.3 is 5.32 Å². The number of hydrogen-bond acceptors (Lipinski definition) is 3. The van der Waals surface area contributed by atoms with Gasteiger partial charge in [-0.2, -0.15) is 4.31 Å². The van der Waals surface area contributed by atoms with Crippen molar-refractivity contribution in [1.29, 1.82) is 0 Å². The minimum absolute atomic E-state index is 0.134. The van der Waals surface area contributed by atoms with Crippen LogP contribution in [0.5, 0.6) is 0 Å². The molecule has 7 heteroatoms. The fourth-order valence-corrected chi connectivity index (χ4v) is 3.56. The molecular formula is C15H23FN2O3S. The highest BCUT2D eigenvalue weighted by molar-refractivity contribution is 7.88. The van der Waals surface area contributed by atoms with E-state index < -0.39 is 15.6 Å². The quantitative estimate of drug-likeness (QED) is 0.860. The topological polar surface area (TPSA) is 66.5 Å². The van der Waals surface area contributed by atoms with Gasteiger partial charge in [0.25, 0.3) is 0 Å². The van der Waals surface area contributed by atoms with Crippen LogP contribution < -0.4 is 5.32 Å². The lowest BCUT2D eigenvalue weighted by molar-refractivity contribution is -0.120. The van der Waals surface area contributed by atoms with Gasteiger partial charge in [-0.15, -0.1) is 0 Å². The smallest absolute Gasteiger partial charge is 0.224 e. The highest BCUT2D eigenvalue weighted by Gasteiger charge is 2.28. The lowest BCUT2D eigenvalue weighted by atomic mass is 10.1. The third kappa shape index (κ3) is 6.11. The molecule has 1 amide bonds. The monoisotopic (exact) mass is 330 g/mol. The number of halogens is 1. The van der Waals surface area contributed by atoms with E-state index in [1.54, 1.807) is 32.9 Å². The van der Waals surface area contributed by atoms with Crippen molar-refractivity contribution in [1.82, 2.24) is 9.62 Å². The minimum Gasteiger partial charge on any atom is -0.354 e. The zero-order valence-corrected chi connectivity index (χ0v) is 14.2. The molecule has 0 aliphatic rings. The van der Waals surface area contributed by atoms with Crippen LogP contribution in [0, 0.1) is 5.82 Å². The first-order valence-corrected chi connectivity index (χ1v) is 8.84. The second-order valence-corrected chi connectivity index (χ2v) is 8.07. The number of rotatable bonds is 6. The first kappa shape index (κ1) is 18.6. The van der Waals surface area contributed by atoms with Crippen molar-refractivity contribution < 1.29 is 17.6 Å². The van der Waals surface area contributed by atoms with E-state index in [2.05, 4.69) is 5.32 Å². The third-order valence-corrected chi connectivity index (χ3v) is 4.59. The van der Waals surface area contributed by atoms with Gasteiger partial charge in [0.05, 0.1) is 12.7 Å². The Kier molecular flexibility index (Phi) is 6.08. The average Bonchev–Trinajstić information content (AvgIpc) is 2.34. The van der Waals surface area contributed by atoms with Gasteiger partial charge in [0.2, 0.25) is 15.9 Å². The SMILES string of the molecule is CC(C)(C)N(CCNC(=O)Cc1ccc(F)cc1)S(C)(=O)=O. The molecular weight excluding hydrogens is 307 g/mol. The van der Waals surface area contributed by atoms with E-state index in [-0.39, 0.29) is 31.2 Å². The molecule has 1 aromatic carbocycles. The molecule has 0 unspecified atom stereocenters. The molecule has 0 fully saturated rings. The van der Waals surface area contributed by atoms with Crippen LogP contribution in [-0.4, -0.2) is 43.5 Å². The molecule has 0 spiro atoms. The molecule has 0 aliphatic carbocycles. The number of benzene rings is 1. The number of nitrogens with one attached hydrogen (secondary N) is 1. The van der Waals surface area contributed by atoms with E-state index in [1.165, 1.54) is 16.4 Å². The maximum Gasteiger partial charge on any atom is 0.224 e.